The number of likely N-dealkylation sites (tertiary alicyclic amines) is 1. The minimum Gasteiger partial charge on any atom is -0.378 e. The molecule has 138 valence electrons. The van der Waals surface area contributed by atoms with Crippen LogP contribution in [-0.2, 0) is 4.74 Å². The van der Waals surface area contributed by atoms with Gasteiger partial charge >= 0.3 is 6.03 Å². The maximum Gasteiger partial charge on any atom is 0.317 e. The van der Waals surface area contributed by atoms with Crippen LogP contribution in [0.4, 0.5) is 4.79 Å². The maximum atomic E-state index is 12.4. The molecular formula is C19H30N4O2. The third-order valence-corrected chi connectivity index (χ3v) is 5.42. The molecule has 0 bridgehead atoms. The van der Waals surface area contributed by atoms with Gasteiger partial charge in [0.1, 0.15) is 0 Å². The smallest absolute Gasteiger partial charge is 0.317 e. The van der Waals surface area contributed by atoms with Crippen LogP contribution >= 0.6 is 0 Å². The number of hydrogen-bond acceptors (Lipinski definition) is 4. The van der Waals surface area contributed by atoms with E-state index in [1.807, 2.05) is 24.2 Å². The fourth-order valence-electron chi connectivity index (χ4n) is 4.08. The first-order chi connectivity index (χ1) is 12.1. The SMILES string of the molecule is CN(C[C@@H]1CCN(C)[C@H]1c1cccnc1)C(=O)NCC[C@H]1CCCO1. The highest BCUT2D eigenvalue weighted by atomic mass is 16.5. The molecule has 2 saturated heterocycles. The Labute approximate surface area is 150 Å². The van der Waals surface area contributed by atoms with Crippen LogP contribution in [0.2, 0.25) is 0 Å². The highest BCUT2D eigenvalue weighted by molar-refractivity contribution is 5.73. The number of carbonyl (C=O) groups is 1. The topological polar surface area (TPSA) is 57.7 Å². The van der Waals surface area contributed by atoms with E-state index in [2.05, 4.69) is 28.3 Å². The van der Waals surface area contributed by atoms with Gasteiger partial charge < -0.3 is 15.0 Å². The number of aromatic nitrogens is 1. The Balaban J connectivity index is 1.48. The minimum atomic E-state index is 0.0116. The van der Waals surface area contributed by atoms with Crippen LogP contribution in [0.1, 0.15) is 37.3 Å². The number of rotatable bonds is 6. The lowest BCUT2D eigenvalue weighted by Gasteiger charge is -2.28. The van der Waals surface area contributed by atoms with Crippen LogP contribution in [0.25, 0.3) is 0 Å². The van der Waals surface area contributed by atoms with E-state index >= 15 is 0 Å². The van der Waals surface area contributed by atoms with E-state index in [1.54, 1.807) is 6.20 Å². The number of carbonyl (C=O) groups excluding carboxylic acids is 1. The van der Waals surface area contributed by atoms with Crippen molar-refractivity contribution >= 4 is 6.03 Å². The monoisotopic (exact) mass is 346 g/mol. The number of pyridine rings is 1. The van der Waals surface area contributed by atoms with Crippen LogP contribution in [-0.4, -0.2) is 67.3 Å². The van der Waals surface area contributed by atoms with Gasteiger partial charge in [0, 0.05) is 45.2 Å². The molecule has 0 unspecified atom stereocenters. The number of nitrogens with one attached hydrogen (secondary N) is 1. The number of urea groups is 1. The summed E-state index contributed by atoms with van der Waals surface area (Å²) < 4.78 is 5.60. The Hall–Kier alpha value is -1.66. The molecule has 25 heavy (non-hydrogen) atoms. The van der Waals surface area contributed by atoms with Gasteiger partial charge in [-0.05, 0) is 56.8 Å². The van der Waals surface area contributed by atoms with E-state index in [9.17, 15) is 4.79 Å². The summed E-state index contributed by atoms with van der Waals surface area (Å²) in [6.45, 7) is 3.36. The fraction of sp³-hybridized carbons (Fsp3) is 0.684. The van der Waals surface area contributed by atoms with Crippen molar-refractivity contribution in [3.05, 3.63) is 30.1 Å². The summed E-state index contributed by atoms with van der Waals surface area (Å²) in [5.41, 5.74) is 1.24. The van der Waals surface area contributed by atoms with Gasteiger partial charge in [0.2, 0.25) is 0 Å². The molecule has 0 radical (unpaired) electrons. The summed E-state index contributed by atoms with van der Waals surface area (Å²) in [7, 11) is 4.04. The van der Waals surface area contributed by atoms with Crippen LogP contribution in [0.15, 0.2) is 24.5 Å². The average molecular weight is 346 g/mol. The van der Waals surface area contributed by atoms with Crippen LogP contribution in [0, 0.1) is 5.92 Å². The Kier molecular flexibility index (Phi) is 6.26. The molecule has 1 aromatic rings. The molecule has 6 heteroatoms. The van der Waals surface area contributed by atoms with Crippen LogP contribution in [0.3, 0.4) is 0 Å². The van der Waals surface area contributed by atoms with E-state index in [1.165, 1.54) is 5.56 Å². The molecule has 2 amide bonds. The second kappa shape index (κ2) is 8.63. The van der Waals surface area contributed by atoms with Crippen LogP contribution in [0.5, 0.6) is 0 Å². The van der Waals surface area contributed by atoms with Crippen molar-refractivity contribution in [3.63, 3.8) is 0 Å². The predicted molar refractivity (Wildman–Crippen MR) is 97.3 cm³/mol. The summed E-state index contributed by atoms with van der Waals surface area (Å²) in [6.07, 6.45) is 8.34. The number of amides is 2. The molecule has 6 nitrogen and oxygen atoms in total. The van der Waals surface area contributed by atoms with E-state index in [0.717, 1.165) is 45.4 Å². The Bertz CT molecular complexity index is 548. The number of ether oxygens (including phenoxy) is 1. The van der Waals surface area contributed by atoms with Gasteiger partial charge in [-0.1, -0.05) is 6.07 Å². The molecule has 3 rings (SSSR count). The normalized spacial score (nSPS) is 26.7. The lowest BCUT2D eigenvalue weighted by molar-refractivity contribution is 0.104. The van der Waals surface area contributed by atoms with Gasteiger partial charge in [0.05, 0.1) is 6.10 Å². The molecule has 2 fully saturated rings. The van der Waals surface area contributed by atoms with Crippen molar-refractivity contribution in [1.82, 2.24) is 20.1 Å². The summed E-state index contributed by atoms with van der Waals surface area (Å²) >= 11 is 0. The molecule has 2 aliphatic heterocycles. The van der Waals surface area contributed by atoms with Crippen molar-refractivity contribution in [2.45, 2.75) is 37.8 Å². The minimum absolute atomic E-state index is 0.0116. The first kappa shape index (κ1) is 18.1. The van der Waals surface area contributed by atoms with Gasteiger partial charge in [-0.25, -0.2) is 4.79 Å². The van der Waals surface area contributed by atoms with Gasteiger partial charge in [0.15, 0.2) is 0 Å². The van der Waals surface area contributed by atoms with E-state index < -0.39 is 0 Å². The molecule has 3 atom stereocenters. The van der Waals surface area contributed by atoms with Crippen LogP contribution < -0.4 is 5.32 Å². The maximum absolute atomic E-state index is 12.4. The first-order valence-corrected chi connectivity index (χ1v) is 9.36. The average Bonchev–Trinajstić information content (AvgIpc) is 3.25. The molecule has 1 aromatic heterocycles. The third kappa shape index (κ3) is 4.70. The zero-order chi connectivity index (χ0) is 17.6. The lowest BCUT2D eigenvalue weighted by atomic mass is 9.94. The van der Waals surface area contributed by atoms with Crippen molar-refractivity contribution in [2.75, 3.05) is 40.3 Å². The van der Waals surface area contributed by atoms with E-state index in [0.29, 0.717) is 24.6 Å². The first-order valence-electron chi connectivity index (χ1n) is 9.36. The highest BCUT2D eigenvalue weighted by Crippen LogP contribution is 2.36. The summed E-state index contributed by atoms with van der Waals surface area (Å²) in [4.78, 5) is 20.8. The number of nitrogens with zero attached hydrogens (tertiary/aromatic N) is 3. The summed E-state index contributed by atoms with van der Waals surface area (Å²) in [5.74, 6) is 0.433. The molecule has 0 saturated carbocycles. The van der Waals surface area contributed by atoms with Crippen molar-refractivity contribution in [3.8, 4) is 0 Å². The zero-order valence-corrected chi connectivity index (χ0v) is 15.4. The van der Waals surface area contributed by atoms with Gasteiger partial charge in [-0.2, -0.15) is 0 Å². The molecule has 0 aliphatic carbocycles. The Morgan fingerprint density at radius 3 is 3.08 bits per heavy atom. The molecule has 0 aromatic carbocycles. The number of hydrogen-bond donors (Lipinski definition) is 1. The molecular weight excluding hydrogens is 316 g/mol. The Morgan fingerprint density at radius 2 is 2.36 bits per heavy atom. The fourth-order valence-corrected chi connectivity index (χ4v) is 4.08. The van der Waals surface area contributed by atoms with Crippen molar-refractivity contribution < 1.29 is 9.53 Å². The standard InChI is InChI=1S/C19H30N4O2/c1-22-11-8-16(18(22)15-5-3-9-20-13-15)14-23(2)19(24)21-10-7-17-6-4-12-25-17/h3,5,9,13,16-18H,4,6-8,10-12,14H2,1-2H3,(H,21,24)/t16-,17+,18-/m0/s1. The third-order valence-electron chi connectivity index (χ3n) is 5.42. The van der Waals surface area contributed by atoms with Gasteiger partial charge in [-0.15, -0.1) is 0 Å². The van der Waals surface area contributed by atoms with Gasteiger partial charge in [-0.3, -0.25) is 9.88 Å². The quantitative estimate of drug-likeness (QED) is 0.859. The second-order valence-electron chi connectivity index (χ2n) is 7.30. The molecule has 2 aliphatic rings. The van der Waals surface area contributed by atoms with E-state index in [-0.39, 0.29) is 6.03 Å². The largest absolute Gasteiger partial charge is 0.378 e. The molecule has 0 spiro atoms. The van der Waals surface area contributed by atoms with Gasteiger partial charge in [0.25, 0.3) is 0 Å². The lowest BCUT2D eigenvalue weighted by Crippen LogP contribution is -2.41. The van der Waals surface area contributed by atoms with Crippen molar-refractivity contribution in [1.29, 1.82) is 0 Å². The summed E-state index contributed by atoms with van der Waals surface area (Å²) in [5, 5.41) is 3.03. The molecule has 1 N–H and O–H groups in total. The zero-order valence-electron chi connectivity index (χ0n) is 15.4. The summed E-state index contributed by atoms with van der Waals surface area (Å²) in [6, 6.07) is 4.46. The Morgan fingerprint density at radius 1 is 1.48 bits per heavy atom. The second-order valence-corrected chi connectivity index (χ2v) is 7.30. The highest BCUT2D eigenvalue weighted by Gasteiger charge is 2.34. The molecule has 3 heterocycles. The van der Waals surface area contributed by atoms with E-state index in [4.69, 9.17) is 4.74 Å². The van der Waals surface area contributed by atoms with Crippen molar-refractivity contribution in [2.24, 2.45) is 5.92 Å². The predicted octanol–water partition coefficient (Wildman–Crippen LogP) is 2.28.